The highest BCUT2D eigenvalue weighted by Crippen LogP contribution is 2.32. The molecule has 11 heteroatoms. The van der Waals surface area contributed by atoms with Crippen LogP contribution < -0.4 is 4.90 Å². The number of anilines is 1. The summed E-state index contributed by atoms with van der Waals surface area (Å²) in [7, 11) is 0. The van der Waals surface area contributed by atoms with Crippen LogP contribution in [0.3, 0.4) is 0 Å². The van der Waals surface area contributed by atoms with Gasteiger partial charge >= 0.3 is 6.09 Å². The zero-order valence-electron chi connectivity index (χ0n) is 24.0. The van der Waals surface area contributed by atoms with Gasteiger partial charge in [-0.15, -0.1) is 0 Å². The standard InChI is InChI=1S/C31H37ClF2N4O4/c1-20-4-6-25(15-28(20)32)38(31(41)42-26-8-12-36(13-9-26)21(2)39)11-3-10-35-16-22-18-37(19-23(22)17-35)30(40)27-7-5-24(33)14-29(27)34/h4-7,14-15,22-23,26H,3,8-13,16-19H2,1-2H3. The van der Waals surface area contributed by atoms with E-state index in [-0.39, 0.29) is 29.4 Å². The third-order valence-corrected chi connectivity index (χ3v) is 9.12. The average Bonchev–Trinajstić information content (AvgIpc) is 3.52. The van der Waals surface area contributed by atoms with E-state index in [0.717, 1.165) is 37.3 Å². The van der Waals surface area contributed by atoms with Gasteiger partial charge in [0, 0.05) is 82.4 Å². The second-order valence-corrected chi connectivity index (χ2v) is 12.0. The second kappa shape index (κ2) is 13.0. The maximum Gasteiger partial charge on any atom is 0.414 e. The Bertz CT molecular complexity index is 1320. The molecule has 0 bridgehead atoms. The normalized spacial score (nSPS) is 21.0. The van der Waals surface area contributed by atoms with Gasteiger partial charge in [0.15, 0.2) is 0 Å². The van der Waals surface area contributed by atoms with Gasteiger partial charge in [-0.1, -0.05) is 17.7 Å². The molecule has 2 aromatic rings. The zero-order chi connectivity index (χ0) is 30.0. The molecule has 3 aliphatic rings. The second-order valence-electron chi connectivity index (χ2n) is 11.6. The third kappa shape index (κ3) is 6.86. The van der Waals surface area contributed by atoms with Crippen molar-refractivity contribution in [2.45, 2.75) is 39.2 Å². The molecule has 0 aliphatic carbocycles. The molecule has 8 nitrogen and oxygen atoms in total. The van der Waals surface area contributed by atoms with Crippen LogP contribution in [0.1, 0.15) is 42.1 Å². The van der Waals surface area contributed by atoms with Crippen LogP contribution in [0.15, 0.2) is 36.4 Å². The molecule has 3 amide bonds. The lowest BCUT2D eigenvalue weighted by molar-refractivity contribution is -0.130. The molecule has 2 unspecified atom stereocenters. The monoisotopic (exact) mass is 602 g/mol. The summed E-state index contributed by atoms with van der Waals surface area (Å²) in [6.07, 6.45) is 1.27. The van der Waals surface area contributed by atoms with E-state index in [0.29, 0.717) is 62.7 Å². The van der Waals surface area contributed by atoms with E-state index in [9.17, 15) is 23.2 Å². The number of likely N-dealkylation sites (tertiary alicyclic amines) is 3. The Morgan fingerprint density at radius 3 is 2.29 bits per heavy atom. The molecule has 2 aromatic carbocycles. The minimum atomic E-state index is -0.835. The Hall–Kier alpha value is -3.24. The largest absolute Gasteiger partial charge is 0.446 e. The number of ether oxygens (including phenoxy) is 1. The van der Waals surface area contributed by atoms with Crippen molar-refractivity contribution in [1.82, 2.24) is 14.7 Å². The molecule has 226 valence electrons. The third-order valence-electron chi connectivity index (χ3n) is 8.71. The van der Waals surface area contributed by atoms with Gasteiger partial charge in [-0.2, -0.15) is 0 Å². The molecule has 0 N–H and O–H groups in total. The summed E-state index contributed by atoms with van der Waals surface area (Å²) in [4.78, 5) is 45.3. The van der Waals surface area contributed by atoms with Gasteiger partial charge in [-0.05, 0) is 61.6 Å². The minimum absolute atomic E-state index is 0.0304. The molecule has 0 saturated carbocycles. The number of halogens is 3. The summed E-state index contributed by atoms with van der Waals surface area (Å²) in [5, 5.41) is 0.576. The summed E-state index contributed by atoms with van der Waals surface area (Å²) < 4.78 is 33.3. The van der Waals surface area contributed by atoms with Gasteiger partial charge in [0.2, 0.25) is 5.91 Å². The number of carbonyl (C=O) groups excluding carboxylic acids is 3. The highest BCUT2D eigenvalue weighted by molar-refractivity contribution is 6.31. The van der Waals surface area contributed by atoms with Crippen LogP contribution in [0.4, 0.5) is 19.3 Å². The van der Waals surface area contributed by atoms with Crippen LogP contribution in [-0.4, -0.2) is 91.1 Å². The lowest BCUT2D eigenvalue weighted by Gasteiger charge is -2.32. The van der Waals surface area contributed by atoms with Crippen LogP contribution in [0, 0.1) is 30.4 Å². The van der Waals surface area contributed by atoms with Gasteiger partial charge in [0.05, 0.1) is 5.56 Å². The SMILES string of the molecule is CC(=O)N1CCC(OC(=O)N(CCCN2CC3CN(C(=O)c4ccc(F)cc4F)CC3C2)c2ccc(C)c(Cl)c2)CC1. The summed E-state index contributed by atoms with van der Waals surface area (Å²) in [5.41, 5.74) is 1.50. The van der Waals surface area contributed by atoms with E-state index in [1.807, 2.05) is 19.1 Å². The minimum Gasteiger partial charge on any atom is -0.446 e. The Labute approximate surface area is 250 Å². The van der Waals surface area contributed by atoms with Crippen LogP contribution in [0.5, 0.6) is 0 Å². The van der Waals surface area contributed by atoms with Crippen molar-refractivity contribution >= 4 is 35.2 Å². The predicted molar refractivity (Wildman–Crippen MR) is 156 cm³/mol. The molecular weight excluding hydrogens is 566 g/mol. The highest BCUT2D eigenvalue weighted by atomic mass is 35.5. The van der Waals surface area contributed by atoms with Crippen LogP contribution in [0.25, 0.3) is 0 Å². The van der Waals surface area contributed by atoms with Crippen molar-refractivity contribution in [3.05, 3.63) is 64.2 Å². The number of aryl methyl sites for hydroxylation is 1. The van der Waals surface area contributed by atoms with E-state index < -0.39 is 23.6 Å². The molecule has 2 atom stereocenters. The molecule has 3 heterocycles. The van der Waals surface area contributed by atoms with Crippen molar-refractivity contribution in [2.24, 2.45) is 11.8 Å². The average molecular weight is 603 g/mol. The van der Waals surface area contributed by atoms with Crippen molar-refractivity contribution in [3.63, 3.8) is 0 Å². The summed E-state index contributed by atoms with van der Waals surface area (Å²) in [5.74, 6) is -1.33. The lowest BCUT2D eigenvalue weighted by Crippen LogP contribution is -2.43. The number of nitrogens with zero attached hydrogens (tertiary/aromatic N) is 4. The lowest BCUT2D eigenvalue weighted by atomic mass is 10.0. The topological polar surface area (TPSA) is 73.4 Å². The van der Waals surface area contributed by atoms with E-state index in [2.05, 4.69) is 4.90 Å². The Balaban J connectivity index is 1.14. The summed E-state index contributed by atoms with van der Waals surface area (Å²) in [6, 6.07) is 8.60. The number of hydrogen-bond donors (Lipinski definition) is 0. The van der Waals surface area contributed by atoms with Gasteiger partial charge in [0.25, 0.3) is 5.91 Å². The smallest absolute Gasteiger partial charge is 0.414 e. The van der Waals surface area contributed by atoms with Crippen molar-refractivity contribution < 1.29 is 27.9 Å². The van der Waals surface area contributed by atoms with Gasteiger partial charge < -0.3 is 19.4 Å². The first-order chi connectivity index (χ1) is 20.1. The number of benzene rings is 2. The zero-order valence-corrected chi connectivity index (χ0v) is 24.8. The molecule has 3 fully saturated rings. The van der Waals surface area contributed by atoms with E-state index in [1.165, 1.54) is 6.07 Å². The predicted octanol–water partition coefficient (Wildman–Crippen LogP) is 4.97. The summed E-state index contributed by atoms with van der Waals surface area (Å²) >= 11 is 6.39. The quantitative estimate of drug-likeness (QED) is 0.447. The highest BCUT2D eigenvalue weighted by Gasteiger charge is 2.42. The van der Waals surface area contributed by atoms with Crippen molar-refractivity contribution in [1.29, 1.82) is 0 Å². The molecular formula is C31H37ClF2N4O4. The number of hydrogen-bond acceptors (Lipinski definition) is 5. The van der Waals surface area contributed by atoms with E-state index in [1.54, 1.807) is 27.7 Å². The maximum atomic E-state index is 14.2. The Kier molecular flexibility index (Phi) is 9.32. The first-order valence-electron chi connectivity index (χ1n) is 14.6. The number of amides is 3. The molecule has 5 rings (SSSR count). The van der Waals surface area contributed by atoms with Gasteiger partial charge in [-0.25, -0.2) is 13.6 Å². The van der Waals surface area contributed by atoms with E-state index in [4.69, 9.17) is 16.3 Å². The molecule has 42 heavy (non-hydrogen) atoms. The molecule has 3 saturated heterocycles. The number of rotatable bonds is 7. The van der Waals surface area contributed by atoms with Crippen molar-refractivity contribution in [2.75, 3.05) is 57.3 Å². The van der Waals surface area contributed by atoms with Gasteiger partial charge in [-0.3, -0.25) is 14.5 Å². The fourth-order valence-electron chi connectivity index (χ4n) is 6.29. The number of piperidine rings is 1. The molecule has 0 spiro atoms. The Morgan fingerprint density at radius 1 is 0.976 bits per heavy atom. The van der Waals surface area contributed by atoms with Crippen LogP contribution >= 0.6 is 11.6 Å². The fourth-order valence-corrected chi connectivity index (χ4v) is 6.47. The Morgan fingerprint density at radius 2 is 1.67 bits per heavy atom. The number of fused-ring (bicyclic) bond motifs is 1. The van der Waals surface area contributed by atoms with Crippen LogP contribution in [-0.2, 0) is 9.53 Å². The molecule has 0 aromatic heterocycles. The number of carbonyl (C=O) groups is 3. The first-order valence-corrected chi connectivity index (χ1v) is 14.9. The van der Waals surface area contributed by atoms with Gasteiger partial charge in [0.1, 0.15) is 17.7 Å². The van der Waals surface area contributed by atoms with Crippen molar-refractivity contribution in [3.8, 4) is 0 Å². The maximum absolute atomic E-state index is 14.2. The fraction of sp³-hybridized carbons (Fsp3) is 0.516. The first kappa shape index (κ1) is 30.2. The molecule has 3 aliphatic heterocycles. The summed E-state index contributed by atoms with van der Waals surface area (Å²) in [6.45, 7) is 8.54. The van der Waals surface area contributed by atoms with E-state index >= 15 is 0 Å². The molecule has 0 radical (unpaired) electrons. The van der Waals surface area contributed by atoms with Crippen LogP contribution in [0.2, 0.25) is 5.02 Å².